The fourth-order valence-corrected chi connectivity index (χ4v) is 2.88. The van der Waals surface area contributed by atoms with E-state index in [0.29, 0.717) is 6.54 Å². The maximum atomic E-state index is 9.65. The first-order valence-corrected chi connectivity index (χ1v) is 6.78. The number of benzene rings is 1. The molecule has 2 unspecified atom stereocenters. The predicted molar refractivity (Wildman–Crippen MR) is 72.7 cm³/mol. The van der Waals surface area contributed by atoms with Crippen molar-refractivity contribution in [2.75, 3.05) is 13.2 Å². The molecule has 0 aromatic heterocycles. The van der Waals surface area contributed by atoms with E-state index in [2.05, 4.69) is 13.0 Å². The van der Waals surface area contributed by atoms with Gasteiger partial charge < -0.3 is 15.6 Å². The van der Waals surface area contributed by atoms with E-state index in [-0.39, 0.29) is 18.1 Å². The zero-order valence-corrected chi connectivity index (χ0v) is 11.1. The molecule has 1 aromatic rings. The molecule has 2 rings (SSSR count). The minimum atomic E-state index is -0.179. The Labute approximate surface area is 109 Å². The lowest BCUT2D eigenvalue weighted by Crippen LogP contribution is -2.38. The SMILES string of the molecule is CCCC(CN)(CO)CC1Cc2ccccc2O1. The van der Waals surface area contributed by atoms with E-state index in [1.165, 1.54) is 5.56 Å². The molecule has 0 aliphatic carbocycles. The van der Waals surface area contributed by atoms with Crippen LogP contribution in [0.4, 0.5) is 0 Å². The van der Waals surface area contributed by atoms with Gasteiger partial charge in [-0.25, -0.2) is 0 Å². The van der Waals surface area contributed by atoms with Gasteiger partial charge in [-0.15, -0.1) is 0 Å². The van der Waals surface area contributed by atoms with Crippen LogP contribution in [0.25, 0.3) is 0 Å². The van der Waals surface area contributed by atoms with Gasteiger partial charge in [-0.05, 0) is 24.5 Å². The molecule has 2 atom stereocenters. The number of rotatable bonds is 6. The smallest absolute Gasteiger partial charge is 0.123 e. The van der Waals surface area contributed by atoms with Crippen molar-refractivity contribution in [1.29, 1.82) is 0 Å². The number of aliphatic hydroxyl groups is 1. The molecule has 0 amide bonds. The molecule has 0 saturated carbocycles. The molecule has 3 heteroatoms. The van der Waals surface area contributed by atoms with E-state index in [1.807, 2.05) is 18.2 Å². The molecule has 1 aliphatic heterocycles. The Kier molecular flexibility index (Phi) is 4.25. The van der Waals surface area contributed by atoms with Crippen molar-refractivity contribution in [2.24, 2.45) is 11.1 Å². The van der Waals surface area contributed by atoms with Crippen LogP contribution in [0.3, 0.4) is 0 Å². The minimum Gasteiger partial charge on any atom is -0.490 e. The van der Waals surface area contributed by atoms with Crippen molar-refractivity contribution in [2.45, 2.75) is 38.7 Å². The van der Waals surface area contributed by atoms with Crippen LogP contribution in [-0.2, 0) is 6.42 Å². The normalized spacial score (nSPS) is 21.2. The van der Waals surface area contributed by atoms with Crippen LogP contribution in [0, 0.1) is 5.41 Å². The monoisotopic (exact) mass is 249 g/mol. The summed E-state index contributed by atoms with van der Waals surface area (Å²) in [4.78, 5) is 0. The fourth-order valence-electron chi connectivity index (χ4n) is 2.88. The first-order chi connectivity index (χ1) is 8.73. The third-order valence-electron chi connectivity index (χ3n) is 3.92. The summed E-state index contributed by atoms with van der Waals surface area (Å²) in [5, 5.41) is 9.65. The molecule has 0 saturated heterocycles. The maximum absolute atomic E-state index is 9.65. The van der Waals surface area contributed by atoms with E-state index in [4.69, 9.17) is 10.5 Å². The highest BCUT2D eigenvalue weighted by atomic mass is 16.5. The molecule has 1 aromatic carbocycles. The summed E-state index contributed by atoms with van der Waals surface area (Å²) < 4.78 is 5.95. The molecule has 100 valence electrons. The lowest BCUT2D eigenvalue weighted by Gasteiger charge is -2.32. The molecule has 18 heavy (non-hydrogen) atoms. The van der Waals surface area contributed by atoms with Crippen molar-refractivity contribution in [3.05, 3.63) is 29.8 Å². The second-order valence-corrected chi connectivity index (χ2v) is 5.37. The molecule has 0 radical (unpaired) electrons. The predicted octanol–water partition coefficient (Wildman–Crippen LogP) is 2.12. The first kappa shape index (κ1) is 13.4. The molecule has 1 aliphatic rings. The van der Waals surface area contributed by atoms with Gasteiger partial charge in [0.15, 0.2) is 0 Å². The van der Waals surface area contributed by atoms with E-state index >= 15 is 0 Å². The number of fused-ring (bicyclic) bond motifs is 1. The van der Waals surface area contributed by atoms with Crippen LogP contribution in [0.2, 0.25) is 0 Å². The molecular weight excluding hydrogens is 226 g/mol. The Morgan fingerprint density at radius 3 is 2.83 bits per heavy atom. The number of hydrogen-bond donors (Lipinski definition) is 2. The summed E-state index contributed by atoms with van der Waals surface area (Å²) in [5.74, 6) is 0.989. The lowest BCUT2D eigenvalue weighted by molar-refractivity contribution is 0.0667. The van der Waals surface area contributed by atoms with Crippen LogP contribution in [0.15, 0.2) is 24.3 Å². The van der Waals surface area contributed by atoms with E-state index in [0.717, 1.165) is 31.4 Å². The van der Waals surface area contributed by atoms with Crippen LogP contribution in [0.1, 0.15) is 31.7 Å². The van der Waals surface area contributed by atoms with Crippen LogP contribution in [-0.4, -0.2) is 24.4 Å². The lowest BCUT2D eigenvalue weighted by atomic mass is 9.78. The number of para-hydroxylation sites is 1. The maximum Gasteiger partial charge on any atom is 0.123 e. The van der Waals surface area contributed by atoms with E-state index < -0.39 is 0 Å². The van der Waals surface area contributed by atoms with Gasteiger partial charge in [-0.1, -0.05) is 31.5 Å². The third kappa shape index (κ3) is 2.68. The summed E-state index contributed by atoms with van der Waals surface area (Å²) in [6, 6.07) is 8.16. The van der Waals surface area contributed by atoms with Crippen molar-refractivity contribution >= 4 is 0 Å². The zero-order valence-electron chi connectivity index (χ0n) is 11.1. The molecule has 3 N–H and O–H groups in total. The topological polar surface area (TPSA) is 55.5 Å². The second kappa shape index (κ2) is 5.72. The standard InChI is InChI=1S/C15H23NO2/c1-2-7-15(10-16,11-17)9-13-8-12-5-3-4-6-14(12)18-13/h3-6,13,17H,2,7-11,16H2,1H3. The van der Waals surface area contributed by atoms with Crippen LogP contribution < -0.4 is 10.5 Å². The van der Waals surface area contributed by atoms with Gasteiger partial charge >= 0.3 is 0 Å². The van der Waals surface area contributed by atoms with Crippen molar-refractivity contribution < 1.29 is 9.84 Å². The van der Waals surface area contributed by atoms with E-state index in [9.17, 15) is 5.11 Å². The van der Waals surface area contributed by atoms with Gasteiger partial charge in [0.05, 0.1) is 6.61 Å². The highest BCUT2D eigenvalue weighted by Gasteiger charge is 2.34. The van der Waals surface area contributed by atoms with Gasteiger partial charge in [0.2, 0.25) is 0 Å². The zero-order chi connectivity index (χ0) is 13.0. The Hall–Kier alpha value is -1.06. The Morgan fingerprint density at radius 2 is 2.22 bits per heavy atom. The molecule has 0 spiro atoms. The third-order valence-corrected chi connectivity index (χ3v) is 3.92. The highest BCUT2D eigenvalue weighted by molar-refractivity contribution is 5.37. The Bertz CT molecular complexity index is 363. The molecule has 0 bridgehead atoms. The fraction of sp³-hybridized carbons (Fsp3) is 0.600. The number of aliphatic hydroxyl groups excluding tert-OH is 1. The van der Waals surface area contributed by atoms with Gasteiger partial charge in [0.25, 0.3) is 0 Å². The highest BCUT2D eigenvalue weighted by Crippen LogP contribution is 2.36. The molecule has 3 nitrogen and oxygen atoms in total. The average molecular weight is 249 g/mol. The first-order valence-electron chi connectivity index (χ1n) is 6.78. The molecule has 1 heterocycles. The van der Waals surface area contributed by atoms with Crippen molar-refractivity contribution in [3.63, 3.8) is 0 Å². The summed E-state index contributed by atoms with van der Waals surface area (Å²) in [6.07, 6.45) is 3.92. The second-order valence-electron chi connectivity index (χ2n) is 5.37. The summed E-state index contributed by atoms with van der Waals surface area (Å²) >= 11 is 0. The number of ether oxygens (including phenoxy) is 1. The Morgan fingerprint density at radius 1 is 1.44 bits per heavy atom. The average Bonchev–Trinajstić information content (AvgIpc) is 2.80. The van der Waals surface area contributed by atoms with Gasteiger partial charge in [0.1, 0.15) is 11.9 Å². The van der Waals surface area contributed by atoms with E-state index in [1.54, 1.807) is 0 Å². The minimum absolute atomic E-state index is 0.146. The van der Waals surface area contributed by atoms with Crippen LogP contribution in [0.5, 0.6) is 5.75 Å². The number of nitrogens with two attached hydrogens (primary N) is 1. The summed E-state index contributed by atoms with van der Waals surface area (Å²) in [6.45, 7) is 2.80. The summed E-state index contributed by atoms with van der Waals surface area (Å²) in [5.41, 5.74) is 6.96. The molecule has 0 fully saturated rings. The van der Waals surface area contributed by atoms with Crippen molar-refractivity contribution in [1.82, 2.24) is 0 Å². The quantitative estimate of drug-likeness (QED) is 0.812. The van der Waals surface area contributed by atoms with Gasteiger partial charge in [-0.3, -0.25) is 0 Å². The van der Waals surface area contributed by atoms with Gasteiger partial charge in [0, 0.05) is 18.4 Å². The van der Waals surface area contributed by atoms with Crippen LogP contribution >= 0.6 is 0 Å². The Balaban J connectivity index is 2.03. The largest absolute Gasteiger partial charge is 0.490 e. The number of hydrogen-bond acceptors (Lipinski definition) is 3. The van der Waals surface area contributed by atoms with Gasteiger partial charge in [-0.2, -0.15) is 0 Å². The molecular formula is C15H23NO2. The van der Waals surface area contributed by atoms with Crippen molar-refractivity contribution in [3.8, 4) is 5.75 Å². The summed E-state index contributed by atoms with van der Waals surface area (Å²) in [7, 11) is 0.